The fraction of sp³-hybridized carbons (Fsp3) is 0.214. The number of hydrogen-bond donors (Lipinski definition) is 2. The summed E-state index contributed by atoms with van der Waals surface area (Å²) in [7, 11) is 0. The average Bonchev–Trinajstić information content (AvgIpc) is 3.58. The van der Waals surface area contributed by atoms with Crippen molar-refractivity contribution in [3.63, 3.8) is 0 Å². The zero-order valence-electron chi connectivity index (χ0n) is 20.1. The van der Waals surface area contributed by atoms with Gasteiger partial charge in [0, 0.05) is 35.9 Å². The molecule has 0 aliphatic heterocycles. The summed E-state index contributed by atoms with van der Waals surface area (Å²) in [6, 6.07) is 9.86. The predicted molar refractivity (Wildman–Crippen MR) is 141 cm³/mol. The van der Waals surface area contributed by atoms with Crippen LogP contribution in [-0.2, 0) is 0 Å². The van der Waals surface area contributed by atoms with Crippen molar-refractivity contribution < 1.29 is 4.74 Å². The molecule has 0 spiro atoms. The lowest BCUT2D eigenvalue weighted by atomic mass is 9.98. The number of hydrogen-bond acceptors (Lipinski definition) is 7. The molecule has 2 N–H and O–H groups in total. The van der Waals surface area contributed by atoms with E-state index in [1.165, 1.54) is 19.3 Å². The highest BCUT2D eigenvalue weighted by atomic mass is 16.5. The maximum Gasteiger partial charge on any atom is 0.161 e. The molecule has 6 aromatic rings. The summed E-state index contributed by atoms with van der Waals surface area (Å²) in [6.07, 6.45) is 16.9. The maximum atomic E-state index is 6.23. The van der Waals surface area contributed by atoms with E-state index in [1.807, 2.05) is 42.7 Å². The standard InChI is InChI=1S/C28H24N8O/c1-2-4-19(5-3-1)37-20-12-18(13-30-14-20)22-6-7-23-26(32-22)27(36-35-23)28-33-24-16-31-15-21(25(24)34-28)17-8-10-29-11-9-17/h6-16,19H,1-5H2,(H,33,34)(H,35,36). The number of nitrogens with one attached hydrogen (secondary N) is 2. The normalized spacial score (nSPS) is 14.4. The van der Waals surface area contributed by atoms with Crippen molar-refractivity contribution in [2.45, 2.75) is 38.2 Å². The molecule has 0 aromatic carbocycles. The Morgan fingerprint density at radius 2 is 1.62 bits per heavy atom. The predicted octanol–water partition coefficient (Wildman–Crippen LogP) is 5.73. The van der Waals surface area contributed by atoms with Gasteiger partial charge >= 0.3 is 0 Å². The zero-order valence-corrected chi connectivity index (χ0v) is 20.1. The van der Waals surface area contributed by atoms with Gasteiger partial charge in [-0.05, 0) is 61.6 Å². The lowest BCUT2D eigenvalue weighted by molar-refractivity contribution is 0.154. The van der Waals surface area contributed by atoms with Crippen molar-refractivity contribution in [1.29, 1.82) is 0 Å². The number of rotatable bonds is 5. The van der Waals surface area contributed by atoms with Crippen LogP contribution in [0, 0.1) is 0 Å². The quantitative estimate of drug-likeness (QED) is 0.318. The molecule has 6 heterocycles. The first kappa shape index (κ1) is 21.6. The second-order valence-corrected chi connectivity index (χ2v) is 9.36. The van der Waals surface area contributed by atoms with E-state index in [2.05, 4.69) is 30.1 Å². The lowest BCUT2D eigenvalue weighted by Gasteiger charge is -2.22. The Bertz CT molecular complexity index is 1700. The largest absolute Gasteiger partial charge is 0.489 e. The molecule has 7 rings (SSSR count). The van der Waals surface area contributed by atoms with Gasteiger partial charge in [0.2, 0.25) is 0 Å². The van der Waals surface area contributed by atoms with Crippen LogP contribution in [0.5, 0.6) is 5.75 Å². The molecule has 9 heteroatoms. The second kappa shape index (κ2) is 9.09. The van der Waals surface area contributed by atoms with Crippen molar-refractivity contribution in [3.05, 3.63) is 67.5 Å². The van der Waals surface area contributed by atoms with Crippen LogP contribution in [0.2, 0.25) is 0 Å². The van der Waals surface area contributed by atoms with E-state index in [4.69, 9.17) is 14.7 Å². The molecule has 1 fully saturated rings. The van der Waals surface area contributed by atoms with E-state index in [9.17, 15) is 0 Å². The van der Waals surface area contributed by atoms with Crippen LogP contribution < -0.4 is 4.74 Å². The molecule has 0 radical (unpaired) electrons. The number of nitrogens with zero attached hydrogens (tertiary/aromatic N) is 6. The average molecular weight is 489 g/mol. The Morgan fingerprint density at radius 3 is 2.51 bits per heavy atom. The van der Waals surface area contributed by atoms with Crippen molar-refractivity contribution in [3.8, 4) is 39.7 Å². The van der Waals surface area contributed by atoms with Crippen LogP contribution in [0.4, 0.5) is 0 Å². The van der Waals surface area contributed by atoms with Crippen LogP contribution in [0.15, 0.2) is 67.5 Å². The number of pyridine rings is 4. The smallest absolute Gasteiger partial charge is 0.161 e. The van der Waals surface area contributed by atoms with Gasteiger partial charge in [-0.25, -0.2) is 9.97 Å². The second-order valence-electron chi connectivity index (χ2n) is 9.36. The highest BCUT2D eigenvalue weighted by molar-refractivity contribution is 5.95. The fourth-order valence-electron chi connectivity index (χ4n) is 5.01. The van der Waals surface area contributed by atoms with E-state index < -0.39 is 0 Å². The number of aromatic amines is 2. The van der Waals surface area contributed by atoms with E-state index in [-0.39, 0.29) is 6.10 Å². The third-order valence-corrected chi connectivity index (χ3v) is 6.88. The highest BCUT2D eigenvalue weighted by Gasteiger charge is 2.18. The van der Waals surface area contributed by atoms with E-state index in [0.717, 1.165) is 63.0 Å². The van der Waals surface area contributed by atoms with Gasteiger partial charge in [0.05, 0.1) is 40.7 Å². The van der Waals surface area contributed by atoms with Crippen LogP contribution in [0.1, 0.15) is 32.1 Å². The third-order valence-electron chi connectivity index (χ3n) is 6.88. The molecular weight excluding hydrogens is 464 g/mol. The van der Waals surface area contributed by atoms with Gasteiger partial charge < -0.3 is 9.72 Å². The molecule has 0 saturated heterocycles. The Hall–Kier alpha value is -4.66. The molecule has 1 aliphatic rings. The van der Waals surface area contributed by atoms with Gasteiger partial charge in [-0.2, -0.15) is 5.10 Å². The minimum absolute atomic E-state index is 0.265. The van der Waals surface area contributed by atoms with Crippen molar-refractivity contribution in [1.82, 2.24) is 40.1 Å². The summed E-state index contributed by atoms with van der Waals surface area (Å²) < 4.78 is 6.23. The first-order valence-electron chi connectivity index (χ1n) is 12.5. The van der Waals surface area contributed by atoms with Crippen LogP contribution in [-0.4, -0.2) is 46.2 Å². The van der Waals surface area contributed by atoms with Gasteiger partial charge in [-0.1, -0.05) is 6.42 Å². The van der Waals surface area contributed by atoms with Crippen LogP contribution in [0.3, 0.4) is 0 Å². The van der Waals surface area contributed by atoms with Crippen molar-refractivity contribution >= 4 is 22.1 Å². The molecule has 37 heavy (non-hydrogen) atoms. The van der Waals surface area contributed by atoms with Gasteiger partial charge in [0.1, 0.15) is 11.3 Å². The topological polar surface area (TPSA) is 118 Å². The van der Waals surface area contributed by atoms with Gasteiger partial charge in [0.25, 0.3) is 0 Å². The SMILES string of the molecule is c1cc(-c2cncc3[nH]c(-c4n[nH]c5ccc(-c6cncc(OC7CCCCC7)c6)nc45)nc23)ccn1. The Balaban J connectivity index is 1.26. The molecular formula is C28H24N8O. The lowest BCUT2D eigenvalue weighted by Crippen LogP contribution is -2.19. The van der Waals surface area contributed by atoms with Gasteiger partial charge in [0.15, 0.2) is 11.5 Å². The zero-order chi connectivity index (χ0) is 24.6. The summed E-state index contributed by atoms with van der Waals surface area (Å²) in [5.41, 5.74) is 7.48. The summed E-state index contributed by atoms with van der Waals surface area (Å²) >= 11 is 0. The summed E-state index contributed by atoms with van der Waals surface area (Å²) in [5.74, 6) is 1.41. The summed E-state index contributed by atoms with van der Waals surface area (Å²) in [4.78, 5) is 26.1. The third kappa shape index (κ3) is 4.08. The molecule has 1 saturated carbocycles. The van der Waals surface area contributed by atoms with Crippen LogP contribution in [0.25, 0.3) is 56.0 Å². The maximum absolute atomic E-state index is 6.23. The van der Waals surface area contributed by atoms with E-state index in [0.29, 0.717) is 11.5 Å². The monoisotopic (exact) mass is 488 g/mol. The minimum atomic E-state index is 0.265. The Morgan fingerprint density at radius 1 is 0.757 bits per heavy atom. The molecule has 0 unspecified atom stereocenters. The first-order chi connectivity index (χ1) is 18.3. The fourth-order valence-corrected chi connectivity index (χ4v) is 5.01. The van der Waals surface area contributed by atoms with Gasteiger partial charge in [-0.15, -0.1) is 0 Å². The molecule has 182 valence electrons. The van der Waals surface area contributed by atoms with Gasteiger partial charge in [-0.3, -0.25) is 20.1 Å². The van der Waals surface area contributed by atoms with Crippen molar-refractivity contribution in [2.75, 3.05) is 0 Å². The first-order valence-corrected chi connectivity index (χ1v) is 12.5. The highest BCUT2D eigenvalue weighted by Crippen LogP contribution is 2.32. The van der Waals surface area contributed by atoms with E-state index >= 15 is 0 Å². The number of ether oxygens (including phenoxy) is 1. The van der Waals surface area contributed by atoms with Crippen LogP contribution >= 0.6 is 0 Å². The number of aromatic nitrogens is 8. The molecule has 6 aromatic heterocycles. The van der Waals surface area contributed by atoms with Crippen molar-refractivity contribution in [2.24, 2.45) is 0 Å². The molecule has 0 amide bonds. The summed E-state index contributed by atoms with van der Waals surface area (Å²) in [5, 5.41) is 7.63. The number of H-pyrrole nitrogens is 2. The summed E-state index contributed by atoms with van der Waals surface area (Å²) in [6.45, 7) is 0. The molecule has 0 bridgehead atoms. The number of fused-ring (bicyclic) bond motifs is 2. The Kier molecular flexibility index (Phi) is 5.31. The minimum Gasteiger partial charge on any atom is -0.489 e. The number of imidazole rings is 1. The van der Waals surface area contributed by atoms with E-state index in [1.54, 1.807) is 24.8 Å². The Labute approximate surface area is 212 Å². The molecule has 1 aliphatic carbocycles. The molecule has 9 nitrogen and oxygen atoms in total. The molecule has 0 atom stereocenters.